The molecule has 0 aliphatic heterocycles. The minimum atomic E-state index is 0.372. The third-order valence-corrected chi connectivity index (χ3v) is 2.61. The Morgan fingerprint density at radius 3 is 2.61 bits per heavy atom. The van der Waals surface area contributed by atoms with Gasteiger partial charge in [-0.15, -0.1) is 0 Å². The maximum atomic E-state index is 10.4. The van der Waals surface area contributed by atoms with E-state index in [1.807, 2.05) is 36.2 Å². The quantitative estimate of drug-likeness (QED) is 0.819. The molecule has 2 aromatic rings. The number of hydrogen-bond donors (Lipinski definition) is 1. The van der Waals surface area contributed by atoms with Crippen LogP contribution >= 0.6 is 0 Å². The fraction of sp³-hybridized carbons (Fsp3) is 0.154. The van der Waals surface area contributed by atoms with E-state index in [4.69, 9.17) is 5.73 Å². The summed E-state index contributed by atoms with van der Waals surface area (Å²) in [7, 11) is 1.86. The molecule has 1 aromatic heterocycles. The molecular formula is C13H14N4O. The third kappa shape index (κ3) is 2.63. The molecule has 92 valence electrons. The van der Waals surface area contributed by atoms with E-state index in [1.165, 1.54) is 6.20 Å². The molecule has 0 atom stereocenters. The molecule has 0 radical (unpaired) electrons. The van der Waals surface area contributed by atoms with Crippen LogP contribution in [0.4, 0.5) is 11.5 Å². The standard InChI is InChI=1S/C13H14N4O/c1-17(6-7-18)11-4-2-10(3-5-11)12-8-15-9-13(14)16-12/h2-5,7-9H,6H2,1H3,(H2,14,16). The molecule has 5 heteroatoms. The number of carbonyl (C=O) groups is 1. The Morgan fingerprint density at radius 2 is 2.00 bits per heavy atom. The molecule has 0 unspecified atom stereocenters. The van der Waals surface area contributed by atoms with E-state index in [2.05, 4.69) is 9.97 Å². The van der Waals surface area contributed by atoms with Gasteiger partial charge >= 0.3 is 0 Å². The van der Waals surface area contributed by atoms with Crippen molar-refractivity contribution < 1.29 is 4.79 Å². The lowest BCUT2D eigenvalue weighted by atomic mass is 10.1. The zero-order valence-corrected chi connectivity index (χ0v) is 10.1. The predicted octanol–water partition coefficient (Wildman–Crippen LogP) is 1.36. The maximum absolute atomic E-state index is 10.4. The van der Waals surface area contributed by atoms with E-state index in [0.29, 0.717) is 12.4 Å². The van der Waals surface area contributed by atoms with E-state index in [-0.39, 0.29) is 0 Å². The van der Waals surface area contributed by atoms with Gasteiger partial charge in [0.1, 0.15) is 12.1 Å². The van der Waals surface area contributed by atoms with Crippen LogP contribution in [0.1, 0.15) is 0 Å². The third-order valence-electron chi connectivity index (χ3n) is 2.61. The van der Waals surface area contributed by atoms with Crippen molar-refractivity contribution in [2.24, 2.45) is 0 Å². The second-order valence-electron chi connectivity index (χ2n) is 3.92. The highest BCUT2D eigenvalue weighted by molar-refractivity contribution is 5.65. The van der Waals surface area contributed by atoms with Crippen LogP contribution < -0.4 is 10.6 Å². The van der Waals surface area contributed by atoms with Gasteiger partial charge in [-0.3, -0.25) is 4.98 Å². The van der Waals surface area contributed by atoms with Crippen LogP contribution in [0.25, 0.3) is 11.3 Å². The van der Waals surface area contributed by atoms with Gasteiger partial charge in [-0.25, -0.2) is 4.98 Å². The van der Waals surface area contributed by atoms with Gasteiger partial charge in [-0.2, -0.15) is 0 Å². The van der Waals surface area contributed by atoms with Crippen LogP contribution in [-0.2, 0) is 4.79 Å². The van der Waals surface area contributed by atoms with Crippen molar-refractivity contribution in [3.8, 4) is 11.3 Å². The topological polar surface area (TPSA) is 72.1 Å². The molecule has 18 heavy (non-hydrogen) atoms. The molecule has 1 aromatic carbocycles. The first-order valence-corrected chi connectivity index (χ1v) is 5.53. The highest BCUT2D eigenvalue weighted by Crippen LogP contribution is 2.20. The fourth-order valence-electron chi connectivity index (χ4n) is 1.62. The Kier molecular flexibility index (Phi) is 3.52. The van der Waals surface area contributed by atoms with Crippen molar-refractivity contribution in [3.05, 3.63) is 36.7 Å². The average molecular weight is 242 g/mol. The largest absolute Gasteiger partial charge is 0.382 e. The number of nitrogen functional groups attached to an aromatic ring is 1. The predicted molar refractivity (Wildman–Crippen MR) is 71.2 cm³/mol. The number of nitrogens with zero attached hydrogens (tertiary/aromatic N) is 3. The zero-order valence-electron chi connectivity index (χ0n) is 10.1. The Balaban J connectivity index is 2.24. The lowest BCUT2D eigenvalue weighted by Gasteiger charge is -2.16. The van der Waals surface area contributed by atoms with Crippen molar-refractivity contribution in [1.82, 2.24) is 9.97 Å². The Hall–Kier alpha value is -2.43. The van der Waals surface area contributed by atoms with Crippen molar-refractivity contribution in [1.29, 1.82) is 0 Å². The summed E-state index contributed by atoms with van der Waals surface area (Å²) < 4.78 is 0. The van der Waals surface area contributed by atoms with Gasteiger partial charge in [0, 0.05) is 18.3 Å². The first kappa shape index (κ1) is 12.0. The first-order valence-electron chi connectivity index (χ1n) is 5.53. The smallest absolute Gasteiger partial charge is 0.142 e. The molecule has 0 bridgehead atoms. The van der Waals surface area contributed by atoms with Crippen LogP contribution in [-0.4, -0.2) is 29.8 Å². The van der Waals surface area contributed by atoms with Crippen LogP contribution in [0.5, 0.6) is 0 Å². The van der Waals surface area contributed by atoms with E-state index >= 15 is 0 Å². The van der Waals surface area contributed by atoms with E-state index in [0.717, 1.165) is 23.2 Å². The molecule has 2 rings (SSSR count). The zero-order chi connectivity index (χ0) is 13.0. The van der Waals surface area contributed by atoms with Gasteiger partial charge in [0.05, 0.1) is 24.6 Å². The van der Waals surface area contributed by atoms with Crippen molar-refractivity contribution in [2.45, 2.75) is 0 Å². The molecule has 0 saturated heterocycles. The highest BCUT2D eigenvalue weighted by Gasteiger charge is 2.03. The normalized spacial score (nSPS) is 10.1. The summed E-state index contributed by atoms with van der Waals surface area (Å²) in [5.41, 5.74) is 8.25. The Bertz CT molecular complexity index is 539. The molecular weight excluding hydrogens is 228 g/mol. The first-order chi connectivity index (χ1) is 8.70. The summed E-state index contributed by atoms with van der Waals surface area (Å²) in [5, 5.41) is 0. The molecule has 0 spiro atoms. The SMILES string of the molecule is CN(CC=O)c1ccc(-c2cncc(N)n2)cc1. The summed E-state index contributed by atoms with van der Waals surface area (Å²) in [6, 6.07) is 7.73. The molecule has 2 N–H and O–H groups in total. The monoisotopic (exact) mass is 242 g/mol. The van der Waals surface area contributed by atoms with Crippen LogP contribution in [0, 0.1) is 0 Å². The molecule has 0 aliphatic rings. The summed E-state index contributed by atoms with van der Waals surface area (Å²) >= 11 is 0. The number of aromatic nitrogens is 2. The van der Waals surface area contributed by atoms with Gasteiger partial charge in [0.15, 0.2) is 0 Å². The average Bonchev–Trinajstić information content (AvgIpc) is 2.39. The maximum Gasteiger partial charge on any atom is 0.142 e. The molecule has 0 amide bonds. The van der Waals surface area contributed by atoms with E-state index in [9.17, 15) is 4.79 Å². The number of carbonyl (C=O) groups excluding carboxylic acids is 1. The van der Waals surface area contributed by atoms with E-state index < -0.39 is 0 Å². The van der Waals surface area contributed by atoms with Gasteiger partial charge in [0.25, 0.3) is 0 Å². The van der Waals surface area contributed by atoms with Crippen LogP contribution in [0.3, 0.4) is 0 Å². The van der Waals surface area contributed by atoms with Crippen molar-refractivity contribution in [2.75, 3.05) is 24.2 Å². The van der Waals surface area contributed by atoms with Gasteiger partial charge in [0.2, 0.25) is 0 Å². The summed E-state index contributed by atoms with van der Waals surface area (Å²) in [6.45, 7) is 0.372. The molecule has 0 aliphatic carbocycles. The van der Waals surface area contributed by atoms with Gasteiger partial charge in [-0.05, 0) is 12.1 Å². The van der Waals surface area contributed by atoms with Crippen molar-refractivity contribution in [3.63, 3.8) is 0 Å². The van der Waals surface area contributed by atoms with Crippen molar-refractivity contribution >= 4 is 17.8 Å². The van der Waals surface area contributed by atoms with Gasteiger partial charge in [-0.1, -0.05) is 12.1 Å². The van der Waals surface area contributed by atoms with Crippen LogP contribution in [0.15, 0.2) is 36.7 Å². The van der Waals surface area contributed by atoms with Crippen LogP contribution in [0.2, 0.25) is 0 Å². The molecule has 1 heterocycles. The molecule has 0 saturated carbocycles. The number of nitrogens with two attached hydrogens (primary N) is 1. The number of likely N-dealkylation sites (N-methyl/N-ethyl adjacent to an activating group) is 1. The molecule has 0 fully saturated rings. The minimum Gasteiger partial charge on any atom is -0.382 e. The second kappa shape index (κ2) is 5.27. The van der Waals surface area contributed by atoms with E-state index in [1.54, 1.807) is 6.20 Å². The number of aldehydes is 1. The number of hydrogen-bond acceptors (Lipinski definition) is 5. The summed E-state index contributed by atoms with van der Waals surface area (Å²) in [4.78, 5) is 20.5. The lowest BCUT2D eigenvalue weighted by Crippen LogP contribution is -2.18. The second-order valence-corrected chi connectivity index (χ2v) is 3.92. The number of rotatable bonds is 4. The minimum absolute atomic E-state index is 0.372. The fourth-order valence-corrected chi connectivity index (χ4v) is 1.62. The molecule has 5 nitrogen and oxygen atoms in total. The Morgan fingerprint density at radius 1 is 1.28 bits per heavy atom. The summed E-state index contributed by atoms with van der Waals surface area (Å²) in [5.74, 6) is 0.398. The number of benzene rings is 1. The van der Waals surface area contributed by atoms with Gasteiger partial charge < -0.3 is 15.4 Å². The highest BCUT2D eigenvalue weighted by atomic mass is 16.1. The lowest BCUT2D eigenvalue weighted by molar-refractivity contribution is -0.106. The summed E-state index contributed by atoms with van der Waals surface area (Å²) in [6.07, 6.45) is 4.05. The number of anilines is 2. The Labute approximate surface area is 105 Å².